The molecule has 1 N–H and O–H groups in total. The van der Waals surface area contributed by atoms with Gasteiger partial charge in [-0.25, -0.2) is 4.98 Å². The minimum Gasteiger partial charge on any atom is -0.452 e. The number of hydrogen-bond donors (Lipinski definition) is 1. The number of furan rings is 1. The van der Waals surface area contributed by atoms with Gasteiger partial charge in [0.25, 0.3) is 0 Å². The van der Waals surface area contributed by atoms with Crippen molar-refractivity contribution < 1.29 is 4.42 Å². The van der Waals surface area contributed by atoms with Crippen LogP contribution in [0.15, 0.2) is 40.8 Å². The molecule has 0 atom stereocenters. The van der Waals surface area contributed by atoms with Crippen LogP contribution in [0.25, 0.3) is 33.4 Å². The summed E-state index contributed by atoms with van der Waals surface area (Å²) >= 11 is 0. The summed E-state index contributed by atoms with van der Waals surface area (Å²) in [5.41, 5.74) is 6.16. The van der Waals surface area contributed by atoms with E-state index in [1.165, 1.54) is 5.56 Å². The Morgan fingerprint density at radius 1 is 1.10 bits per heavy atom. The van der Waals surface area contributed by atoms with E-state index in [2.05, 4.69) is 30.3 Å². The van der Waals surface area contributed by atoms with E-state index in [0.29, 0.717) is 0 Å². The van der Waals surface area contributed by atoms with Crippen LogP contribution in [0.2, 0.25) is 0 Å². The maximum Gasteiger partial charge on any atom is 0.173 e. The third kappa shape index (κ3) is 1.50. The van der Waals surface area contributed by atoms with E-state index in [1.54, 1.807) is 0 Å². The van der Waals surface area contributed by atoms with Gasteiger partial charge in [-0.05, 0) is 31.5 Å². The minimum atomic E-state index is 0.845. The predicted molar refractivity (Wildman–Crippen MR) is 79.6 cm³/mol. The maximum atomic E-state index is 5.44. The highest BCUT2D eigenvalue weighted by molar-refractivity contribution is 5.96. The monoisotopic (exact) mass is 261 g/mol. The Hall–Kier alpha value is -2.55. The summed E-state index contributed by atoms with van der Waals surface area (Å²) in [4.78, 5) is 8.14. The number of nitrogens with zero attached hydrogens (tertiary/aromatic N) is 1. The lowest BCUT2D eigenvalue weighted by molar-refractivity contribution is 0.603. The van der Waals surface area contributed by atoms with Gasteiger partial charge in [-0.3, -0.25) is 0 Å². The molecular formula is C17H13N2O. The standard InChI is InChI=1S/C17H13N2O/c1-10-5-3-7-13-16(10)19-17(18-13)12-6-4-8-14-15(12)11(2)9-20-14/h3-8H,1-2H3,(H,18,19). The van der Waals surface area contributed by atoms with Gasteiger partial charge in [-0.15, -0.1) is 0 Å². The summed E-state index contributed by atoms with van der Waals surface area (Å²) in [6, 6.07) is 12.2. The number of benzene rings is 2. The normalized spacial score (nSPS) is 11.5. The number of nitrogens with one attached hydrogen (secondary N) is 1. The van der Waals surface area contributed by atoms with Gasteiger partial charge in [0.15, 0.2) is 6.26 Å². The van der Waals surface area contributed by atoms with Crippen LogP contribution >= 0.6 is 0 Å². The lowest BCUT2D eigenvalue weighted by atomic mass is 10.1. The Kier molecular flexibility index (Phi) is 2.24. The Morgan fingerprint density at radius 3 is 2.80 bits per heavy atom. The summed E-state index contributed by atoms with van der Waals surface area (Å²) in [7, 11) is 0. The lowest BCUT2D eigenvalue weighted by Crippen LogP contribution is -1.82. The number of hydrogen-bond acceptors (Lipinski definition) is 2. The third-order valence-electron chi connectivity index (χ3n) is 3.68. The average Bonchev–Trinajstić information content (AvgIpc) is 3.04. The highest BCUT2D eigenvalue weighted by Crippen LogP contribution is 2.31. The number of imidazole rings is 1. The van der Waals surface area contributed by atoms with E-state index < -0.39 is 0 Å². The maximum absolute atomic E-state index is 5.44. The molecule has 2 aromatic heterocycles. The molecule has 0 aliphatic heterocycles. The average molecular weight is 261 g/mol. The Bertz CT molecular complexity index is 931. The molecular weight excluding hydrogens is 248 g/mol. The van der Waals surface area contributed by atoms with Crippen LogP contribution < -0.4 is 0 Å². The molecule has 3 heteroatoms. The van der Waals surface area contributed by atoms with E-state index in [1.807, 2.05) is 31.2 Å². The number of para-hydroxylation sites is 1. The molecule has 4 rings (SSSR count). The van der Waals surface area contributed by atoms with Gasteiger partial charge < -0.3 is 9.40 Å². The summed E-state index contributed by atoms with van der Waals surface area (Å²) < 4.78 is 5.44. The van der Waals surface area contributed by atoms with Crippen molar-refractivity contribution in [2.45, 2.75) is 13.8 Å². The molecule has 0 spiro atoms. The van der Waals surface area contributed by atoms with Crippen molar-refractivity contribution in [2.24, 2.45) is 0 Å². The Morgan fingerprint density at radius 2 is 1.95 bits per heavy atom. The molecule has 0 bridgehead atoms. The quantitative estimate of drug-likeness (QED) is 0.552. The number of aryl methyl sites for hydroxylation is 2. The van der Waals surface area contributed by atoms with Crippen LogP contribution in [0.1, 0.15) is 11.1 Å². The molecule has 3 nitrogen and oxygen atoms in total. The molecule has 20 heavy (non-hydrogen) atoms. The third-order valence-corrected chi connectivity index (χ3v) is 3.68. The summed E-state index contributed by atoms with van der Waals surface area (Å²) in [5.74, 6) is 0.873. The summed E-state index contributed by atoms with van der Waals surface area (Å²) in [6.45, 7) is 4.08. The molecule has 0 amide bonds. The van der Waals surface area contributed by atoms with Crippen LogP contribution in [0.4, 0.5) is 0 Å². The van der Waals surface area contributed by atoms with Crippen LogP contribution in [-0.4, -0.2) is 9.97 Å². The Balaban J connectivity index is 2.06. The zero-order valence-corrected chi connectivity index (χ0v) is 11.3. The van der Waals surface area contributed by atoms with Gasteiger partial charge in [0.2, 0.25) is 0 Å². The first-order chi connectivity index (χ1) is 9.74. The molecule has 0 saturated heterocycles. The largest absolute Gasteiger partial charge is 0.452 e. The topological polar surface area (TPSA) is 41.8 Å². The second-order valence-electron chi connectivity index (χ2n) is 5.06. The first-order valence-electron chi connectivity index (χ1n) is 6.59. The molecule has 4 aromatic rings. The second-order valence-corrected chi connectivity index (χ2v) is 5.06. The lowest BCUT2D eigenvalue weighted by Gasteiger charge is -1.99. The van der Waals surface area contributed by atoms with E-state index >= 15 is 0 Å². The highest BCUT2D eigenvalue weighted by Gasteiger charge is 2.13. The number of rotatable bonds is 1. The van der Waals surface area contributed by atoms with Crippen LogP contribution in [0, 0.1) is 20.1 Å². The molecule has 0 fully saturated rings. The number of aromatic nitrogens is 2. The molecule has 0 aliphatic carbocycles. The highest BCUT2D eigenvalue weighted by atomic mass is 16.3. The molecule has 0 aliphatic rings. The van der Waals surface area contributed by atoms with Crippen molar-refractivity contribution in [3.63, 3.8) is 0 Å². The van der Waals surface area contributed by atoms with Gasteiger partial charge in [-0.1, -0.05) is 24.3 Å². The fourth-order valence-corrected chi connectivity index (χ4v) is 2.69. The predicted octanol–water partition coefficient (Wildman–Crippen LogP) is 4.39. The number of fused-ring (bicyclic) bond motifs is 2. The summed E-state index contributed by atoms with van der Waals surface area (Å²) in [5, 5.41) is 1.07. The van der Waals surface area contributed by atoms with E-state index in [0.717, 1.165) is 39.0 Å². The van der Waals surface area contributed by atoms with Gasteiger partial charge >= 0.3 is 0 Å². The van der Waals surface area contributed by atoms with Crippen molar-refractivity contribution in [1.82, 2.24) is 9.97 Å². The second kappa shape index (κ2) is 3.97. The van der Waals surface area contributed by atoms with Crippen molar-refractivity contribution in [1.29, 1.82) is 0 Å². The van der Waals surface area contributed by atoms with Crippen LogP contribution in [0.3, 0.4) is 0 Å². The minimum absolute atomic E-state index is 0.845. The fraction of sp³-hybridized carbons (Fsp3) is 0.118. The molecule has 2 aromatic carbocycles. The van der Waals surface area contributed by atoms with Crippen LogP contribution in [0.5, 0.6) is 0 Å². The van der Waals surface area contributed by atoms with Gasteiger partial charge in [0.05, 0.1) is 11.0 Å². The fourth-order valence-electron chi connectivity index (χ4n) is 2.69. The van der Waals surface area contributed by atoms with Gasteiger partial charge in [-0.2, -0.15) is 0 Å². The van der Waals surface area contributed by atoms with Crippen LogP contribution in [-0.2, 0) is 0 Å². The number of aromatic amines is 1. The molecule has 1 radical (unpaired) electrons. The van der Waals surface area contributed by atoms with Crippen molar-refractivity contribution >= 4 is 22.0 Å². The van der Waals surface area contributed by atoms with E-state index in [4.69, 9.17) is 9.40 Å². The Labute approximate surface area is 116 Å². The summed E-state index contributed by atoms with van der Waals surface area (Å²) in [6.07, 6.45) is 2.92. The van der Waals surface area contributed by atoms with Crippen molar-refractivity contribution in [2.75, 3.05) is 0 Å². The molecule has 0 unspecified atom stereocenters. The smallest absolute Gasteiger partial charge is 0.173 e. The van der Waals surface area contributed by atoms with E-state index in [9.17, 15) is 0 Å². The molecule has 97 valence electrons. The van der Waals surface area contributed by atoms with E-state index in [-0.39, 0.29) is 0 Å². The van der Waals surface area contributed by atoms with Crippen molar-refractivity contribution in [3.05, 3.63) is 53.8 Å². The SMILES string of the molecule is Cc1cccc2[nH]c(-c3cccc4o[c]c(C)c34)nc12. The van der Waals surface area contributed by atoms with Gasteiger partial charge in [0, 0.05) is 16.5 Å². The zero-order valence-electron chi connectivity index (χ0n) is 11.3. The van der Waals surface area contributed by atoms with Gasteiger partial charge in [0.1, 0.15) is 11.4 Å². The zero-order chi connectivity index (χ0) is 13.7. The first kappa shape index (κ1) is 11.3. The first-order valence-corrected chi connectivity index (χ1v) is 6.59. The molecule has 0 saturated carbocycles. The molecule has 2 heterocycles. The van der Waals surface area contributed by atoms with Crippen molar-refractivity contribution in [3.8, 4) is 11.4 Å². The number of H-pyrrole nitrogens is 1.